The van der Waals surface area contributed by atoms with Crippen molar-refractivity contribution in [2.75, 3.05) is 44.7 Å². The number of nitrogens with one attached hydrogen (secondary N) is 1. The average Bonchev–Trinajstić information content (AvgIpc) is 3.07. The van der Waals surface area contributed by atoms with Gasteiger partial charge in [-0.05, 0) is 43.0 Å². The van der Waals surface area contributed by atoms with E-state index in [1.807, 2.05) is 25.0 Å². The van der Waals surface area contributed by atoms with Crippen molar-refractivity contribution in [2.45, 2.75) is 20.3 Å². The Balaban J connectivity index is 1.51. The molecule has 0 aliphatic carbocycles. The van der Waals surface area contributed by atoms with Crippen LogP contribution in [0.4, 0.5) is 5.69 Å². The number of piperazine rings is 1. The van der Waals surface area contributed by atoms with Crippen molar-refractivity contribution in [1.29, 1.82) is 0 Å². The van der Waals surface area contributed by atoms with E-state index in [4.69, 9.17) is 0 Å². The number of aromatic nitrogens is 2. The first-order valence-electron chi connectivity index (χ1n) is 9.33. The second-order valence-electron chi connectivity index (χ2n) is 6.94. The molecule has 0 unspecified atom stereocenters. The first-order chi connectivity index (χ1) is 12.6. The second-order valence-corrected chi connectivity index (χ2v) is 6.94. The summed E-state index contributed by atoms with van der Waals surface area (Å²) in [6.45, 7) is 9.29. The quantitative estimate of drug-likeness (QED) is 0.674. The summed E-state index contributed by atoms with van der Waals surface area (Å²) in [6, 6.07) is 6.57. The lowest BCUT2D eigenvalue weighted by Gasteiger charge is -2.38. The van der Waals surface area contributed by atoms with Crippen molar-refractivity contribution < 1.29 is 0 Å². The molecule has 1 aromatic heterocycles. The summed E-state index contributed by atoms with van der Waals surface area (Å²) < 4.78 is 1.84. The van der Waals surface area contributed by atoms with E-state index >= 15 is 0 Å². The monoisotopic (exact) mass is 354 g/mol. The van der Waals surface area contributed by atoms with Gasteiger partial charge in [0.05, 0.1) is 6.20 Å². The zero-order chi connectivity index (χ0) is 18.5. The highest BCUT2D eigenvalue weighted by Crippen LogP contribution is 2.23. The molecule has 6 heteroatoms. The van der Waals surface area contributed by atoms with E-state index < -0.39 is 0 Å². The van der Waals surface area contributed by atoms with Gasteiger partial charge in [-0.1, -0.05) is 12.1 Å². The Morgan fingerprint density at radius 2 is 1.96 bits per heavy atom. The molecule has 0 saturated carbocycles. The minimum absolute atomic E-state index is 0.871. The summed E-state index contributed by atoms with van der Waals surface area (Å²) in [4.78, 5) is 9.31. The number of nitrogens with zero attached hydrogens (tertiary/aromatic N) is 5. The SMILES string of the molecule is CN=C(NCCc1cnn(C)c1)N1CCN(c2cccc(C)c2C)CC1. The number of rotatable bonds is 4. The van der Waals surface area contributed by atoms with Crippen LogP contribution in [0.25, 0.3) is 0 Å². The molecule has 6 nitrogen and oxygen atoms in total. The van der Waals surface area contributed by atoms with Crippen LogP contribution < -0.4 is 10.2 Å². The van der Waals surface area contributed by atoms with Gasteiger partial charge in [0.15, 0.2) is 5.96 Å². The molecule has 1 fully saturated rings. The number of benzene rings is 1. The van der Waals surface area contributed by atoms with Crippen molar-refractivity contribution in [3.63, 3.8) is 0 Å². The molecular formula is C20H30N6. The summed E-state index contributed by atoms with van der Waals surface area (Å²) in [5.74, 6) is 0.995. The molecule has 26 heavy (non-hydrogen) atoms. The smallest absolute Gasteiger partial charge is 0.193 e. The Hall–Kier alpha value is -2.50. The molecule has 0 amide bonds. The normalized spacial score (nSPS) is 15.5. The Morgan fingerprint density at radius 3 is 2.62 bits per heavy atom. The predicted molar refractivity (Wildman–Crippen MR) is 108 cm³/mol. The van der Waals surface area contributed by atoms with Crippen molar-refractivity contribution in [3.05, 3.63) is 47.3 Å². The summed E-state index contributed by atoms with van der Waals surface area (Å²) in [6.07, 6.45) is 4.94. The van der Waals surface area contributed by atoms with Gasteiger partial charge in [-0.3, -0.25) is 9.67 Å². The minimum atomic E-state index is 0.871. The highest BCUT2D eigenvalue weighted by molar-refractivity contribution is 5.80. The maximum atomic E-state index is 4.47. The fraction of sp³-hybridized carbons (Fsp3) is 0.500. The minimum Gasteiger partial charge on any atom is -0.368 e. The molecule has 0 atom stereocenters. The lowest BCUT2D eigenvalue weighted by molar-refractivity contribution is 0.372. The van der Waals surface area contributed by atoms with Crippen LogP contribution in [-0.2, 0) is 13.5 Å². The third-order valence-electron chi connectivity index (χ3n) is 5.16. The van der Waals surface area contributed by atoms with Crippen LogP contribution >= 0.6 is 0 Å². The van der Waals surface area contributed by atoms with Crippen molar-refractivity contribution in [1.82, 2.24) is 20.0 Å². The molecule has 3 rings (SSSR count). The standard InChI is InChI=1S/C20H30N6/c1-16-6-5-7-19(17(16)2)25-10-12-26(13-11-25)20(21-3)22-9-8-18-14-23-24(4)15-18/h5-7,14-15H,8-13H2,1-4H3,(H,21,22). The highest BCUT2D eigenvalue weighted by Gasteiger charge is 2.20. The maximum Gasteiger partial charge on any atom is 0.193 e. The van der Waals surface area contributed by atoms with Gasteiger partial charge in [0.25, 0.3) is 0 Å². The second kappa shape index (κ2) is 8.25. The largest absolute Gasteiger partial charge is 0.368 e. The van der Waals surface area contributed by atoms with Gasteiger partial charge in [-0.25, -0.2) is 0 Å². The summed E-state index contributed by atoms with van der Waals surface area (Å²) >= 11 is 0. The zero-order valence-corrected chi connectivity index (χ0v) is 16.4. The molecule has 1 saturated heterocycles. The van der Waals surface area contributed by atoms with E-state index in [0.717, 1.165) is 45.1 Å². The molecule has 0 bridgehead atoms. The van der Waals surface area contributed by atoms with E-state index in [1.165, 1.54) is 22.4 Å². The fourth-order valence-corrected chi connectivity index (χ4v) is 3.49. The van der Waals surface area contributed by atoms with E-state index in [1.54, 1.807) is 0 Å². The van der Waals surface area contributed by atoms with Crippen LogP contribution in [0.3, 0.4) is 0 Å². The highest BCUT2D eigenvalue weighted by atomic mass is 15.3. The third-order valence-corrected chi connectivity index (χ3v) is 5.16. The lowest BCUT2D eigenvalue weighted by atomic mass is 10.1. The molecule has 0 radical (unpaired) electrons. The maximum absolute atomic E-state index is 4.47. The van der Waals surface area contributed by atoms with Crippen LogP contribution in [0, 0.1) is 13.8 Å². The number of aliphatic imine (C=N–C) groups is 1. The van der Waals surface area contributed by atoms with Crippen LogP contribution in [0.15, 0.2) is 35.6 Å². The molecule has 2 heterocycles. The summed E-state index contributed by atoms with van der Waals surface area (Å²) in [5, 5.41) is 7.71. The number of hydrogen-bond donors (Lipinski definition) is 1. The van der Waals surface area contributed by atoms with Gasteiger partial charge in [0.1, 0.15) is 0 Å². The van der Waals surface area contributed by atoms with Crippen LogP contribution in [0.1, 0.15) is 16.7 Å². The molecule has 1 aliphatic heterocycles. The first kappa shape index (κ1) is 18.3. The fourth-order valence-electron chi connectivity index (χ4n) is 3.49. The zero-order valence-electron chi connectivity index (χ0n) is 16.4. The molecular weight excluding hydrogens is 324 g/mol. The molecule has 2 aromatic rings. The molecule has 1 aliphatic rings. The topological polar surface area (TPSA) is 48.7 Å². The van der Waals surface area contributed by atoms with E-state index in [-0.39, 0.29) is 0 Å². The van der Waals surface area contributed by atoms with Crippen LogP contribution in [-0.4, -0.2) is 60.4 Å². The Bertz CT molecular complexity index is 755. The van der Waals surface area contributed by atoms with Crippen LogP contribution in [0.5, 0.6) is 0 Å². The number of aryl methyl sites for hydroxylation is 2. The molecule has 0 spiro atoms. The van der Waals surface area contributed by atoms with Gasteiger partial charge < -0.3 is 15.1 Å². The predicted octanol–water partition coefficient (Wildman–Crippen LogP) is 1.98. The van der Waals surface area contributed by atoms with Crippen molar-refractivity contribution in [3.8, 4) is 0 Å². The van der Waals surface area contributed by atoms with Gasteiger partial charge in [0.2, 0.25) is 0 Å². The lowest BCUT2D eigenvalue weighted by Crippen LogP contribution is -2.53. The average molecular weight is 355 g/mol. The van der Waals surface area contributed by atoms with Gasteiger partial charge in [0, 0.05) is 58.7 Å². The van der Waals surface area contributed by atoms with Crippen molar-refractivity contribution in [2.24, 2.45) is 12.0 Å². The number of guanidine groups is 1. The van der Waals surface area contributed by atoms with Crippen molar-refractivity contribution >= 4 is 11.6 Å². The molecule has 1 aromatic carbocycles. The Kier molecular flexibility index (Phi) is 5.81. The first-order valence-corrected chi connectivity index (χ1v) is 9.33. The summed E-state index contributed by atoms with van der Waals surface area (Å²) in [7, 11) is 3.81. The number of anilines is 1. The summed E-state index contributed by atoms with van der Waals surface area (Å²) in [5.41, 5.74) is 5.36. The van der Waals surface area contributed by atoms with Crippen LogP contribution in [0.2, 0.25) is 0 Å². The Morgan fingerprint density at radius 1 is 1.19 bits per heavy atom. The van der Waals surface area contributed by atoms with E-state index in [2.05, 4.69) is 63.5 Å². The Labute approximate surface area is 156 Å². The van der Waals surface area contributed by atoms with Gasteiger partial charge in [-0.2, -0.15) is 5.10 Å². The van der Waals surface area contributed by atoms with Gasteiger partial charge in [-0.15, -0.1) is 0 Å². The third kappa shape index (κ3) is 4.18. The van der Waals surface area contributed by atoms with E-state index in [9.17, 15) is 0 Å². The van der Waals surface area contributed by atoms with Gasteiger partial charge >= 0.3 is 0 Å². The number of hydrogen-bond acceptors (Lipinski definition) is 3. The molecule has 1 N–H and O–H groups in total. The van der Waals surface area contributed by atoms with E-state index in [0.29, 0.717) is 0 Å². The molecule has 140 valence electrons.